The minimum atomic E-state index is 0.325. The third-order valence-corrected chi connectivity index (χ3v) is 5.21. The van der Waals surface area contributed by atoms with E-state index in [0.717, 1.165) is 18.8 Å². The summed E-state index contributed by atoms with van der Waals surface area (Å²) in [6.07, 6.45) is 22.5. The predicted molar refractivity (Wildman–Crippen MR) is 116 cm³/mol. The van der Waals surface area contributed by atoms with E-state index < -0.39 is 0 Å². The maximum Gasteiger partial charge on any atom is 0.119 e. The molecule has 1 unspecified atom stereocenters. The van der Waals surface area contributed by atoms with Crippen LogP contribution < -0.4 is 4.74 Å². The van der Waals surface area contributed by atoms with E-state index in [1.54, 1.807) is 0 Å². The van der Waals surface area contributed by atoms with E-state index in [1.165, 1.54) is 82.6 Å². The first-order valence-electron chi connectivity index (χ1n) is 11.4. The maximum absolute atomic E-state index is 5.76. The second-order valence-electron chi connectivity index (χ2n) is 7.89. The summed E-state index contributed by atoms with van der Waals surface area (Å²) in [7, 11) is 0. The van der Waals surface area contributed by atoms with Crippen LogP contribution >= 0.6 is 0 Å². The monoisotopic (exact) mass is 372 g/mol. The van der Waals surface area contributed by atoms with Gasteiger partial charge in [0.2, 0.25) is 0 Å². The molecule has 0 saturated carbocycles. The summed E-state index contributed by atoms with van der Waals surface area (Å²) in [5.74, 6) is 0.980. The number of benzene rings is 1. The summed E-state index contributed by atoms with van der Waals surface area (Å²) >= 11 is 0. The lowest BCUT2D eigenvalue weighted by Crippen LogP contribution is -2.04. The second kappa shape index (κ2) is 14.7. The molecule has 1 aromatic carbocycles. The summed E-state index contributed by atoms with van der Waals surface area (Å²) in [5, 5.41) is 0. The van der Waals surface area contributed by atoms with Gasteiger partial charge in [-0.05, 0) is 56.2 Å². The highest BCUT2D eigenvalue weighted by atomic mass is 16.6. The van der Waals surface area contributed by atoms with Crippen molar-refractivity contribution in [2.24, 2.45) is 0 Å². The van der Waals surface area contributed by atoms with E-state index in [2.05, 4.69) is 37.3 Å². The zero-order valence-corrected chi connectivity index (χ0v) is 17.5. The first-order valence-corrected chi connectivity index (χ1v) is 11.4. The van der Waals surface area contributed by atoms with Crippen molar-refractivity contribution in [2.45, 2.75) is 96.5 Å². The molecule has 2 nitrogen and oxygen atoms in total. The van der Waals surface area contributed by atoms with Crippen molar-refractivity contribution in [1.82, 2.24) is 0 Å². The molecule has 0 aliphatic carbocycles. The number of rotatable bonds is 17. The smallest absolute Gasteiger partial charge is 0.119 e. The highest BCUT2D eigenvalue weighted by Gasteiger charge is 2.22. The average Bonchev–Trinajstić information content (AvgIpc) is 3.51. The largest absolute Gasteiger partial charge is 0.491 e. The molecule has 1 atom stereocenters. The van der Waals surface area contributed by atoms with Gasteiger partial charge in [0, 0.05) is 0 Å². The van der Waals surface area contributed by atoms with E-state index in [9.17, 15) is 0 Å². The Morgan fingerprint density at radius 3 is 2.30 bits per heavy atom. The fourth-order valence-corrected chi connectivity index (χ4v) is 3.37. The van der Waals surface area contributed by atoms with Crippen LogP contribution in [0.2, 0.25) is 0 Å². The summed E-state index contributed by atoms with van der Waals surface area (Å²) in [6.45, 7) is 3.82. The van der Waals surface area contributed by atoms with Crippen LogP contribution in [0.4, 0.5) is 0 Å². The van der Waals surface area contributed by atoms with Gasteiger partial charge in [-0.15, -0.1) is 0 Å². The Kier molecular flexibility index (Phi) is 12.0. The van der Waals surface area contributed by atoms with Crippen molar-refractivity contribution in [1.29, 1.82) is 0 Å². The summed E-state index contributed by atoms with van der Waals surface area (Å²) in [6, 6.07) is 8.53. The second-order valence-corrected chi connectivity index (χ2v) is 7.89. The molecule has 1 aliphatic rings. The molecule has 0 radical (unpaired) electrons. The summed E-state index contributed by atoms with van der Waals surface area (Å²) < 4.78 is 10.9. The predicted octanol–water partition coefficient (Wildman–Crippen LogP) is 7.26. The van der Waals surface area contributed by atoms with Crippen molar-refractivity contribution in [3.05, 3.63) is 42.0 Å². The standard InChI is InChI=1S/C25H40O2/c1-2-3-4-5-6-7-8-9-10-11-12-13-14-15-17-23-18-16-19-24(20-23)26-21-25-22-27-25/h11-12,16,18-20,25H,2-10,13-15,17,21-22H2,1H3/b12-11+. The molecule has 0 aromatic heterocycles. The van der Waals surface area contributed by atoms with Crippen LogP contribution in [0.1, 0.15) is 89.5 Å². The lowest BCUT2D eigenvalue weighted by molar-refractivity contribution is 0.263. The number of unbranched alkanes of at least 4 members (excludes halogenated alkanes) is 10. The molecular formula is C25H40O2. The number of hydrogen-bond acceptors (Lipinski definition) is 2. The Labute approximate surface area is 167 Å². The van der Waals surface area contributed by atoms with Gasteiger partial charge >= 0.3 is 0 Å². The van der Waals surface area contributed by atoms with Crippen LogP contribution in [0.5, 0.6) is 5.75 Å². The van der Waals surface area contributed by atoms with Crippen LogP contribution in [0.15, 0.2) is 36.4 Å². The fourth-order valence-electron chi connectivity index (χ4n) is 3.37. The average molecular weight is 373 g/mol. The minimum Gasteiger partial charge on any atom is -0.491 e. The van der Waals surface area contributed by atoms with Gasteiger partial charge in [0.15, 0.2) is 0 Å². The minimum absolute atomic E-state index is 0.325. The number of hydrogen-bond donors (Lipinski definition) is 0. The molecule has 0 bridgehead atoms. The highest BCUT2D eigenvalue weighted by Crippen LogP contribution is 2.18. The molecule has 152 valence electrons. The maximum atomic E-state index is 5.76. The lowest BCUT2D eigenvalue weighted by atomic mass is 10.1. The molecular weight excluding hydrogens is 332 g/mol. The molecule has 1 saturated heterocycles. The van der Waals surface area contributed by atoms with Crippen LogP contribution in [0, 0.1) is 0 Å². The Hall–Kier alpha value is -1.28. The SMILES string of the molecule is CCCCCCCCCC/C=C/CCCCc1cccc(OCC2CO2)c1. The summed E-state index contributed by atoms with van der Waals surface area (Å²) in [4.78, 5) is 0. The van der Waals surface area contributed by atoms with Gasteiger partial charge < -0.3 is 9.47 Å². The Bertz CT molecular complexity index is 505. The van der Waals surface area contributed by atoms with Crippen molar-refractivity contribution in [3.8, 4) is 5.75 Å². The molecule has 1 heterocycles. The number of epoxide rings is 1. The zero-order chi connectivity index (χ0) is 19.0. The van der Waals surface area contributed by atoms with Crippen molar-refractivity contribution in [3.63, 3.8) is 0 Å². The van der Waals surface area contributed by atoms with Gasteiger partial charge in [-0.25, -0.2) is 0 Å². The third-order valence-electron chi connectivity index (χ3n) is 5.21. The number of aryl methyl sites for hydroxylation is 1. The molecule has 2 rings (SSSR count). The van der Waals surface area contributed by atoms with Crippen LogP contribution in [-0.4, -0.2) is 19.3 Å². The third kappa shape index (κ3) is 11.9. The summed E-state index contributed by atoms with van der Waals surface area (Å²) in [5.41, 5.74) is 1.38. The first kappa shape index (κ1) is 22.0. The van der Waals surface area contributed by atoms with Gasteiger partial charge in [-0.1, -0.05) is 76.2 Å². The fraction of sp³-hybridized carbons (Fsp3) is 0.680. The molecule has 0 spiro atoms. The van der Waals surface area contributed by atoms with Gasteiger partial charge in [-0.2, -0.15) is 0 Å². The van der Waals surface area contributed by atoms with E-state index >= 15 is 0 Å². The van der Waals surface area contributed by atoms with E-state index in [1.807, 2.05) is 6.07 Å². The molecule has 0 N–H and O–H groups in total. The Morgan fingerprint density at radius 2 is 1.59 bits per heavy atom. The van der Waals surface area contributed by atoms with Crippen molar-refractivity contribution >= 4 is 0 Å². The van der Waals surface area contributed by atoms with Gasteiger partial charge in [0.25, 0.3) is 0 Å². The van der Waals surface area contributed by atoms with Crippen LogP contribution in [0.25, 0.3) is 0 Å². The highest BCUT2D eigenvalue weighted by molar-refractivity contribution is 5.28. The molecule has 1 fully saturated rings. The van der Waals surface area contributed by atoms with Gasteiger partial charge in [0.1, 0.15) is 18.5 Å². The zero-order valence-electron chi connectivity index (χ0n) is 17.5. The topological polar surface area (TPSA) is 21.8 Å². The first-order chi connectivity index (χ1) is 13.4. The Morgan fingerprint density at radius 1 is 0.926 bits per heavy atom. The van der Waals surface area contributed by atoms with Gasteiger partial charge in [0.05, 0.1) is 6.61 Å². The van der Waals surface area contributed by atoms with Crippen molar-refractivity contribution < 1.29 is 9.47 Å². The van der Waals surface area contributed by atoms with Gasteiger partial charge in [-0.3, -0.25) is 0 Å². The normalized spacial score (nSPS) is 16.1. The van der Waals surface area contributed by atoms with Crippen LogP contribution in [0.3, 0.4) is 0 Å². The lowest BCUT2D eigenvalue weighted by Gasteiger charge is -2.06. The Balaban J connectivity index is 1.40. The molecule has 2 heteroatoms. The van der Waals surface area contributed by atoms with E-state index in [-0.39, 0.29) is 0 Å². The molecule has 0 amide bonds. The quantitative estimate of drug-likeness (QED) is 0.163. The number of ether oxygens (including phenoxy) is 2. The molecule has 27 heavy (non-hydrogen) atoms. The molecule has 1 aromatic rings. The van der Waals surface area contributed by atoms with Crippen LogP contribution in [-0.2, 0) is 11.2 Å². The molecule has 1 aliphatic heterocycles. The van der Waals surface area contributed by atoms with E-state index in [0.29, 0.717) is 12.7 Å². The van der Waals surface area contributed by atoms with Crippen molar-refractivity contribution in [2.75, 3.05) is 13.2 Å². The van der Waals surface area contributed by atoms with E-state index in [4.69, 9.17) is 9.47 Å². The number of allylic oxidation sites excluding steroid dienone is 2.